The Morgan fingerprint density at radius 2 is 2.11 bits per heavy atom. The molecule has 2 N–H and O–H groups in total. The Morgan fingerprint density at radius 1 is 1.32 bits per heavy atom. The Hall–Kier alpha value is -1.67. The minimum Gasteiger partial charge on any atom is -0.384 e. The van der Waals surface area contributed by atoms with Crippen molar-refractivity contribution < 1.29 is 8.42 Å². The molecule has 1 aromatic carbocycles. The minimum atomic E-state index is -3.65. The van der Waals surface area contributed by atoms with E-state index in [0.29, 0.717) is 12.2 Å². The van der Waals surface area contributed by atoms with Crippen LogP contribution in [-0.4, -0.2) is 25.2 Å². The molecule has 0 amide bonds. The summed E-state index contributed by atoms with van der Waals surface area (Å²) in [6.07, 6.45) is 0.915. The zero-order valence-corrected chi connectivity index (χ0v) is 12.0. The summed E-state index contributed by atoms with van der Waals surface area (Å²) in [6.45, 7) is 2.73. The van der Waals surface area contributed by atoms with Crippen LogP contribution in [0.1, 0.15) is 13.3 Å². The third-order valence-electron chi connectivity index (χ3n) is 2.32. The summed E-state index contributed by atoms with van der Waals surface area (Å²) in [5.74, 6) is 0. The van der Waals surface area contributed by atoms with Gasteiger partial charge in [-0.3, -0.25) is 4.72 Å². The van der Waals surface area contributed by atoms with Gasteiger partial charge in [0, 0.05) is 6.54 Å². The van der Waals surface area contributed by atoms with Gasteiger partial charge in [0.2, 0.25) is 5.13 Å². The van der Waals surface area contributed by atoms with Gasteiger partial charge in [-0.2, -0.15) is 0 Å². The van der Waals surface area contributed by atoms with E-state index in [2.05, 4.69) is 20.2 Å². The summed E-state index contributed by atoms with van der Waals surface area (Å²) in [4.78, 5) is 0.207. The number of hydrogen-bond donors (Lipinski definition) is 2. The molecule has 6 nitrogen and oxygen atoms in total. The molecule has 2 aromatic rings. The lowest BCUT2D eigenvalue weighted by molar-refractivity contribution is 0.601. The average molecular weight is 298 g/mol. The third kappa shape index (κ3) is 3.42. The maximum Gasteiger partial charge on any atom is 0.265 e. The molecule has 0 saturated carbocycles. The summed E-state index contributed by atoms with van der Waals surface area (Å²) >= 11 is 1.14. The molecule has 8 heteroatoms. The molecule has 1 heterocycles. The number of aromatic nitrogens is 2. The van der Waals surface area contributed by atoms with Crippen LogP contribution >= 0.6 is 11.3 Å². The molecule has 0 unspecified atom stereocenters. The predicted octanol–water partition coefficient (Wildman–Crippen LogP) is 2.16. The number of sulfonamides is 1. The summed E-state index contributed by atoms with van der Waals surface area (Å²) in [5.41, 5.74) is 2.06. The van der Waals surface area contributed by atoms with Gasteiger partial charge in [-0.15, -0.1) is 10.2 Å². The van der Waals surface area contributed by atoms with Crippen molar-refractivity contribution in [2.75, 3.05) is 16.6 Å². The fourth-order valence-electron chi connectivity index (χ4n) is 1.49. The molecule has 0 bridgehead atoms. The molecular formula is C11H14N4O2S2. The van der Waals surface area contributed by atoms with Crippen molar-refractivity contribution in [3.8, 4) is 0 Å². The van der Waals surface area contributed by atoms with E-state index in [1.807, 2.05) is 6.92 Å². The Morgan fingerprint density at radius 3 is 2.79 bits per heavy atom. The van der Waals surface area contributed by atoms with Gasteiger partial charge in [0.25, 0.3) is 10.0 Å². The van der Waals surface area contributed by atoms with Crippen LogP contribution in [0.4, 0.5) is 10.8 Å². The quantitative estimate of drug-likeness (QED) is 0.853. The molecule has 102 valence electrons. The monoisotopic (exact) mass is 298 g/mol. The van der Waals surface area contributed by atoms with E-state index < -0.39 is 10.0 Å². The van der Waals surface area contributed by atoms with E-state index in [-0.39, 0.29) is 10.0 Å². The Balaban J connectivity index is 2.29. The Labute approximate surface area is 115 Å². The van der Waals surface area contributed by atoms with E-state index in [1.165, 1.54) is 5.51 Å². The maximum absolute atomic E-state index is 12.3. The predicted molar refractivity (Wildman–Crippen MR) is 75.9 cm³/mol. The molecule has 0 saturated heterocycles. The van der Waals surface area contributed by atoms with Crippen LogP contribution in [0.2, 0.25) is 0 Å². The molecule has 19 heavy (non-hydrogen) atoms. The lowest BCUT2D eigenvalue weighted by Crippen LogP contribution is -2.15. The molecule has 0 aliphatic carbocycles. The maximum atomic E-state index is 12.3. The largest absolute Gasteiger partial charge is 0.384 e. The van der Waals surface area contributed by atoms with Gasteiger partial charge in [0.05, 0.1) is 5.69 Å². The van der Waals surface area contributed by atoms with Crippen molar-refractivity contribution in [2.45, 2.75) is 18.2 Å². The number of rotatable bonds is 6. The van der Waals surface area contributed by atoms with Gasteiger partial charge in [0.1, 0.15) is 10.4 Å². The van der Waals surface area contributed by atoms with Crippen LogP contribution in [0.15, 0.2) is 34.7 Å². The number of nitrogens with zero attached hydrogens (tertiary/aromatic N) is 2. The second-order valence-electron chi connectivity index (χ2n) is 3.77. The van der Waals surface area contributed by atoms with E-state index in [0.717, 1.165) is 17.8 Å². The molecule has 0 aliphatic heterocycles. The van der Waals surface area contributed by atoms with Crippen molar-refractivity contribution in [2.24, 2.45) is 0 Å². The summed E-state index contributed by atoms with van der Waals surface area (Å²) < 4.78 is 27.0. The normalized spacial score (nSPS) is 11.2. The highest BCUT2D eigenvalue weighted by Crippen LogP contribution is 2.23. The molecule has 0 radical (unpaired) electrons. The number of anilines is 2. The van der Waals surface area contributed by atoms with Crippen LogP contribution in [0, 0.1) is 0 Å². The molecule has 0 spiro atoms. The fraction of sp³-hybridized carbons (Fsp3) is 0.273. The van der Waals surface area contributed by atoms with Gasteiger partial charge < -0.3 is 5.32 Å². The lowest BCUT2D eigenvalue weighted by atomic mass is 10.3. The minimum absolute atomic E-state index is 0.207. The topological polar surface area (TPSA) is 84.0 Å². The van der Waals surface area contributed by atoms with E-state index in [1.54, 1.807) is 24.3 Å². The standard InChI is InChI=1S/C11H14N4O2S2/c1-2-7-12-9-5-3-4-6-10(9)19(16,17)15-11-14-13-8-18-11/h3-6,8,12H,2,7H2,1H3,(H,14,15). The summed E-state index contributed by atoms with van der Waals surface area (Å²) in [7, 11) is -3.65. The van der Waals surface area contributed by atoms with Gasteiger partial charge in [-0.25, -0.2) is 8.42 Å². The first-order chi connectivity index (χ1) is 9.13. The smallest absolute Gasteiger partial charge is 0.265 e. The molecule has 0 aliphatic rings. The van der Waals surface area contributed by atoms with E-state index in [4.69, 9.17) is 0 Å². The molecule has 0 fully saturated rings. The van der Waals surface area contributed by atoms with Crippen LogP contribution in [0.25, 0.3) is 0 Å². The van der Waals surface area contributed by atoms with E-state index >= 15 is 0 Å². The Kier molecular flexibility index (Phi) is 4.33. The van der Waals surface area contributed by atoms with Crippen LogP contribution < -0.4 is 10.0 Å². The first kappa shape index (κ1) is 13.8. The zero-order valence-electron chi connectivity index (χ0n) is 10.3. The van der Waals surface area contributed by atoms with Crippen LogP contribution in [-0.2, 0) is 10.0 Å². The van der Waals surface area contributed by atoms with Gasteiger partial charge in [-0.05, 0) is 18.6 Å². The average Bonchev–Trinajstić information content (AvgIpc) is 2.88. The lowest BCUT2D eigenvalue weighted by Gasteiger charge is -2.11. The summed E-state index contributed by atoms with van der Waals surface area (Å²) in [6, 6.07) is 6.78. The first-order valence-electron chi connectivity index (χ1n) is 5.75. The molecular weight excluding hydrogens is 284 g/mol. The van der Waals surface area contributed by atoms with Gasteiger partial charge in [0.15, 0.2) is 0 Å². The second-order valence-corrected chi connectivity index (χ2v) is 6.26. The van der Waals surface area contributed by atoms with Crippen molar-refractivity contribution in [3.63, 3.8) is 0 Å². The van der Waals surface area contributed by atoms with Crippen molar-refractivity contribution in [1.82, 2.24) is 10.2 Å². The van der Waals surface area contributed by atoms with Crippen LogP contribution in [0.5, 0.6) is 0 Å². The highest BCUT2D eigenvalue weighted by Gasteiger charge is 2.19. The van der Waals surface area contributed by atoms with Crippen molar-refractivity contribution in [1.29, 1.82) is 0 Å². The molecule has 1 aromatic heterocycles. The number of hydrogen-bond acceptors (Lipinski definition) is 6. The highest BCUT2D eigenvalue weighted by atomic mass is 32.2. The number of nitrogens with one attached hydrogen (secondary N) is 2. The first-order valence-corrected chi connectivity index (χ1v) is 8.11. The highest BCUT2D eigenvalue weighted by molar-refractivity contribution is 7.93. The molecule has 2 rings (SSSR count). The van der Waals surface area contributed by atoms with Gasteiger partial charge in [-0.1, -0.05) is 30.4 Å². The summed E-state index contributed by atoms with van der Waals surface area (Å²) in [5, 5.41) is 10.6. The Bertz CT molecular complexity index is 626. The SMILES string of the molecule is CCCNc1ccccc1S(=O)(=O)Nc1nncs1. The van der Waals surface area contributed by atoms with Crippen LogP contribution in [0.3, 0.4) is 0 Å². The molecule has 0 atom stereocenters. The zero-order chi connectivity index (χ0) is 13.7. The second kappa shape index (κ2) is 5.98. The van der Waals surface area contributed by atoms with Crippen molar-refractivity contribution in [3.05, 3.63) is 29.8 Å². The fourth-order valence-corrected chi connectivity index (χ4v) is 3.37. The number of para-hydroxylation sites is 1. The number of benzene rings is 1. The van der Waals surface area contributed by atoms with Gasteiger partial charge >= 0.3 is 0 Å². The van der Waals surface area contributed by atoms with E-state index in [9.17, 15) is 8.42 Å². The third-order valence-corrected chi connectivity index (χ3v) is 4.46. The van der Waals surface area contributed by atoms with Crippen molar-refractivity contribution >= 4 is 32.2 Å².